The lowest BCUT2D eigenvalue weighted by molar-refractivity contribution is 0.251. The van der Waals surface area contributed by atoms with Gasteiger partial charge in [0.05, 0.1) is 0 Å². The third-order valence-electron chi connectivity index (χ3n) is 0.971. The molecule has 0 aliphatic carbocycles. The van der Waals surface area contributed by atoms with Gasteiger partial charge < -0.3 is 4.57 Å². The lowest BCUT2D eigenvalue weighted by atomic mass is 10.9. The van der Waals surface area contributed by atoms with Crippen LogP contribution in [0.5, 0.6) is 0 Å². The van der Waals surface area contributed by atoms with Crippen molar-refractivity contribution in [2.45, 2.75) is 10.9 Å². The van der Waals surface area contributed by atoms with E-state index in [4.69, 9.17) is 0 Å². The molecule has 5 heteroatoms. The van der Waals surface area contributed by atoms with Crippen molar-refractivity contribution in [1.29, 1.82) is 0 Å². The van der Waals surface area contributed by atoms with Crippen molar-refractivity contribution in [3.63, 3.8) is 0 Å². The second-order valence-electron chi connectivity index (χ2n) is 1.70. The molecule has 0 aromatic carbocycles. The number of aryl methyl sites for hydroxylation is 1. The van der Waals surface area contributed by atoms with Crippen LogP contribution in [-0.2, 0) is 7.05 Å². The molecule has 1 heterocycles. The monoisotopic (exact) mass is 164 g/mol. The summed E-state index contributed by atoms with van der Waals surface area (Å²) in [6, 6.07) is 0. The van der Waals surface area contributed by atoms with Crippen LogP contribution in [0.1, 0.15) is 0 Å². The number of aromatic nitrogens is 2. The molecule has 0 radical (unpaired) electrons. The molecule has 0 saturated heterocycles. The predicted octanol–water partition coefficient (Wildman–Crippen LogP) is 1.73. The van der Waals surface area contributed by atoms with Gasteiger partial charge >= 0.3 is 0 Å². The zero-order chi connectivity index (χ0) is 7.56. The van der Waals surface area contributed by atoms with Crippen molar-refractivity contribution in [3.05, 3.63) is 12.4 Å². The second kappa shape index (κ2) is 3.01. The zero-order valence-electron chi connectivity index (χ0n) is 5.29. The maximum atomic E-state index is 11.7. The number of imidazole rings is 1. The van der Waals surface area contributed by atoms with E-state index in [0.29, 0.717) is 16.9 Å². The van der Waals surface area contributed by atoms with E-state index >= 15 is 0 Å². The molecule has 0 amide bonds. The fourth-order valence-corrected chi connectivity index (χ4v) is 1.05. The van der Waals surface area contributed by atoms with Gasteiger partial charge in [-0.3, -0.25) is 0 Å². The lowest BCUT2D eigenvalue weighted by Crippen LogP contribution is -1.91. The third kappa shape index (κ3) is 1.70. The van der Waals surface area contributed by atoms with Crippen LogP contribution in [0.4, 0.5) is 8.78 Å². The van der Waals surface area contributed by atoms with E-state index in [1.165, 1.54) is 6.20 Å². The quantitative estimate of drug-likeness (QED) is 0.619. The first-order valence-corrected chi connectivity index (χ1v) is 3.50. The van der Waals surface area contributed by atoms with Gasteiger partial charge in [0.25, 0.3) is 5.76 Å². The molecular formula is C5H6F2N2S. The largest absolute Gasteiger partial charge is 0.329 e. The van der Waals surface area contributed by atoms with Crippen LogP contribution in [0.25, 0.3) is 0 Å². The molecule has 1 rings (SSSR count). The molecule has 0 spiro atoms. The second-order valence-corrected chi connectivity index (χ2v) is 2.66. The molecule has 0 aliphatic heterocycles. The Kier molecular flexibility index (Phi) is 2.26. The van der Waals surface area contributed by atoms with E-state index in [1.54, 1.807) is 17.8 Å². The fraction of sp³-hybridized carbons (Fsp3) is 0.400. The molecule has 0 saturated carbocycles. The minimum absolute atomic E-state index is 0.343. The predicted molar refractivity (Wildman–Crippen MR) is 35.1 cm³/mol. The number of thioether (sulfide) groups is 1. The Balaban J connectivity index is 2.65. The van der Waals surface area contributed by atoms with Crippen LogP contribution < -0.4 is 0 Å². The molecule has 56 valence electrons. The lowest BCUT2D eigenvalue weighted by Gasteiger charge is -1.97. The van der Waals surface area contributed by atoms with Crippen molar-refractivity contribution in [2.24, 2.45) is 7.05 Å². The zero-order valence-corrected chi connectivity index (χ0v) is 6.11. The van der Waals surface area contributed by atoms with Gasteiger partial charge in [-0.1, -0.05) is 0 Å². The summed E-state index contributed by atoms with van der Waals surface area (Å²) in [7, 11) is 1.68. The van der Waals surface area contributed by atoms with E-state index in [9.17, 15) is 8.78 Å². The highest BCUT2D eigenvalue weighted by Gasteiger charge is 2.07. The molecule has 0 unspecified atom stereocenters. The summed E-state index contributed by atoms with van der Waals surface area (Å²) < 4.78 is 24.9. The Morgan fingerprint density at radius 1 is 1.70 bits per heavy atom. The summed E-state index contributed by atoms with van der Waals surface area (Å²) in [4.78, 5) is 3.70. The van der Waals surface area contributed by atoms with E-state index < -0.39 is 5.76 Å². The van der Waals surface area contributed by atoms with Gasteiger partial charge in [-0.15, -0.1) is 0 Å². The minimum atomic E-state index is -2.39. The highest BCUT2D eigenvalue weighted by Crippen LogP contribution is 2.21. The van der Waals surface area contributed by atoms with E-state index in [-0.39, 0.29) is 0 Å². The number of hydrogen-bond donors (Lipinski definition) is 0. The summed E-state index contributed by atoms with van der Waals surface area (Å²) in [6.45, 7) is 0. The summed E-state index contributed by atoms with van der Waals surface area (Å²) in [5, 5.41) is 0.343. The van der Waals surface area contributed by atoms with Gasteiger partial charge in [0.2, 0.25) is 0 Å². The molecule has 1 aromatic rings. The van der Waals surface area contributed by atoms with Gasteiger partial charge in [-0.05, 0) is 11.8 Å². The topological polar surface area (TPSA) is 17.8 Å². The van der Waals surface area contributed by atoms with Gasteiger partial charge in [-0.25, -0.2) is 4.98 Å². The first-order chi connectivity index (χ1) is 4.70. The van der Waals surface area contributed by atoms with Gasteiger partial charge in [-0.2, -0.15) is 8.78 Å². The van der Waals surface area contributed by atoms with Gasteiger partial charge in [0.15, 0.2) is 5.16 Å². The molecule has 0 N–H and O–H groups in total. The highest BCUT2D eigenvalue weighted by molar-refractivity contribution is 7.99. The number of alkyl halides is 2. The first kappa shape index (κ1) is 7.53. The van der Waals surface area contributed by atoms with Crippen molar-refractivity contribution in [2.75, 3.05) is 0 Å². The molecule has 0 bridgehead atoms. The maximum Gasteiger partial charge on any atom is 0.291 e. The molecule has 10 heavy (non-hydrogen) atoms. The Labute approximate surface area is 61.3 Å². The van der Waals surface area contributed by atoms with E-state index in [2.05, 4.69) is 4.98 Å². The maximum absolute atomic E-state index is 11.7. The summed E-state index contributed by atoms with van der Waals surface area (Å²) >= 11 is 0.450. The molecule has 2 nitrogen and oxygen atoms in total. The Morgan fingerprint density at radius 3 is 2.80 bits per heavy atom. The summed E-state index contributed by atoms with van der Waals surface area (Å²) in [5.41, 5.74) is 0. The standard InChI is InChI=1S/C5H6F2N2S/c1-9-3-2-8-5(9)10-4(6)7/h2-4H,1H3. The fourth-order valence-electron chi connectivity index (χ4n) is 0.545. The SMILES string of the molecule is Cn1ccnc1SC(F)F. The van der Waals surface area contributed by atoms with Crippen LogP contribution in [0.3, 0.4) is 0 Å². The minimum Gasteiger partial charge on any atom is -0.329 e. The number of halogens is 2. The van der Waals surface area contributed by atoms with Crippen molar-refractivity contribution >= 4 is 11.8 Å². The van der Waals surface area contributed by atoms with Crippen LogP contribution in [-0.4, -0.2) is 15.3 Å². The van der Waals surface area contributed by atoms with Crippen LogP contribution in [0.15, 0.2) is 17.6 Å². The highest BCUT2D eigenvalue weighted by atomic mass is 32.2. The summed E-state index contributed by atoms with van der Waals surface area (Å²) in [6.07, 6.45) is 3.12. The normalized spacial score (nSPS) is 10.8. The van der Waals surface area contributed by atoms with Gasteiger partial charge in [0.1, 0.15) is 0 Å². The van der Waals surface area contributed by atoms with Crippen molar-refractivity contribution < 1.29 is 8.78 Å². The number of nitrogens with zero attached hydrogens (tertiary/aromatic N) is 2. The third-order valence-corrected chi connectivity index (χ3v) is 1.75. The van der Waals surface area contributed by atoms with Gasteiger partial charge in [0, 0.05) is 19.4 Å². The Bertz CT molecular complexity index is 211. The summed E-state index contributed by atoms with van der Waals surface area (Å²) in [5.74, 6) is -2.39. The molecule has 0 fully saturated rings. The first-order valence-electron chi connectivity index (χ1n) is 2.62. The van der Waals surface area contributed by atoms with Crippen molar-refractivity contribution in [1.82, 2.24) is 9.55 Å². The van der Waals surface area contributed by atoms with E-state index in [0.717, 1.165) is 0 Å². The average molecular weight is 164 g/mol. The molecular weight excluding hydrogens is 158 g/mol. The number of hydrogen-bond acceptors (Lipinski definition) is 2. The Morgan fingerprint density at radius 2 is 2.40 bits per heavy atom. The smallest absolute Gasteiger partial charge is 0.291 e. The number of rotatable bonds is 2. The van der Waals surface area contributed by atoms with E-state index in [1.807, 2.05) is 0 Å². The van der Waals surface area contributed by atoms with Crippen LogP contribution in [0, 0.1) is 0 Å². The van der Waals surface area contributed by atoms with Crippen LogP contribution >= 0.6 is 11.8 Å². The molecule has 1 aromatic heterocycles. The molecule has 0 aliphatic rings. The van der Waals surface area contributed by atoms with Crippen molar-refractivity contribution in [3.8, 4) is 0 Å². The Hall–Kier alpha value is -0.580. The van der Waals surface area contributed by atoms with Crippen LogP contribution in [0.2, 0.25) is 0 Å². The molecule has 0 atom stereocenters. The average Bonchev–Trinajstić information content (AvgIpc) is 2.15.